The predicted molar refractivity (Wildman–Crippen MR) is 156 cm³/mol. The molecule has 2 atom stereocenters. The summed E-state index contributed by atoms with van der Waals surface area (Å²) in [6.07, 6.45) is 1.18. The van der Waals surface area contributed by atoms with Gasteiger partial charge in [0.15, 0.2) is 0 Å². The lowest BCUT2D eigenvalue weighted by molar-refractivity contribution is -0.150. The van der Waals surface area contributed by atoms with Crippen molar-refractivity contribution in [3.8, 4) is 0 Å². The van der Waals surface area contributed by atoms with Crippen molar-refractivity contribution in [2.24, 2.45) is 0 Å². The minimum Gasteiger partial charge on any atom is -0.496 e. The highest BCUT2D eigenvalue weighted by Crippen LogP contribution is 2.24. The average molecular weight is 594 g/mol. The molecule has 230 valence electrons. The first-order valence-corrected chi connectivity index (χ1v) is 14.4. The van der Waals surface area contributed by atoms with Gasteiger partial charge < -0.3 is 28.7 Å². The van der Waals surface area contributed by atoms with Crippen molar-refractivity contribution >= 4 is 24.1 Å². The molecule has 2 heterocycles. The molecule has 0 aliphatic carbocycles. The Labute approximate surface area is 251 Å². The van der Waals surface area contributed by atoms with Crippen molar-refractivity contribution < 1.29 is 38.1 Å². The van der Waals surface area contributed by atoms with Crippen molar-refractivity contribution in [3.05, 3.63) is 84.1 Å². The number of carbonyl (C=O) groups is 4. The molecule has 0 bridgehead atoms. The molecule has 2 unspecified atom stereocenters. The van der Waals surface area contributed by atoms with E-state index in [1.54, 1.807) is 9.80 Å². The molecule has 2 fully saturated rings. The number of likely N-dealkylation sites (tertiary alicyclic amines) is 1. The van der Waals surface area contributed by atoms with E-state index in [1.165, 1.54) is 17.2 Å². The summed E-state index contributed by atoms with van der Waals surface area (Å²) in [5.74, 6) is -0.825. The lowest BCUT2D eigenvalue weighted by atomic mass is 10.2. The fourth-order valence-corrected chi connectivity index (χ4v) is 4.70. The number of amides is 3. The highest BCUT2D eigenvalue weighted by Gasteiger charge is 2.42. The summed E-state index contributed by atoms with van der Waals surface area (Å²) in [6.45, 7) is 7.10. The van der Waals surface area contributed by atoms with E-state index < -0.39 is 35.9 Å². The van der Waals surface area contributed by atoms with Crippen LogP contribution >= 0.6 is 0 Å². The third-order valence-corrected chi connectivity index (χ3v) is 6.92. The summed E-state index contributed by atoms with van der Waals surface area (Å²) in [5, 5.41) is 0. The topological polar surface area (TPSA) is 115 Å². The van der Waals surface area contributed by atoms with Gasteiger partial charge in [-0.25, -0.2) is 14.4 Å². The normalized spacial score (nSPS) is 18.8. The fourth-order valence-electron chi connectivity index (χ4n) is 4.70. The fraction of sp³-hybridized carbons (Fsp3) is 0.438. The van der Waals surface area contributed by atoms with Crippen LogP contribution in [-0.2, 0) is 41.8 Å². The Hall–Kier alpha value is -4.54. The summed E-state index contributed by atoms with van der Waals surface area (Å²) >= 11 is 0. The Morgan fingerprint density at radius 3 is 1.93 bits per heavy atom. The van der Waals surface area contributed by atoms with Crippen molar-refractivity contribution in [3.63, 3.8) is 0 Å². The van der Waals surface area contributed by atoms with Crippen LogP contribution in [0.5, 0.6) is 0 Å². The van der Waals surface area contributed by atoms with Crippen LogP contribution in [0.15, 0.2) is 73.0 Å². The molecule has 4 rings (SSSR count). The van der Waals surface area contributed by atoms with Crippen LogP contribution in [0.3, 0.4) is 0 Å². The number of benzene rings is 2. The minimum atomic E-state index is -0.901. The molecule has 0 aromatic heterocycles. The van der Waals surface area contributed by atoms with Gasteiger partial charge in [-0.15, -0.1) is 0 Å². The van der Waals surface area contributed by atoms with Crippen molar-refractivity contribution in [1.29, 1.82) is 0 Å². The van der Waals surface area contributed by atoms with Crippen LogP contribution in [0, 0.1) is 0 Å². The molecule has 2 aliphatic rings. The third-order valence-electron chi connectivity index (χ3n) is 6.92. The Balaban J connectivity index is 1.30. The smallest absolute Gasteiger partial charge is 0.410 e. The predicted octanol–water partition coefficient (Wildman–Crippen LogP) is 4.12. The zero-order valence-electron chi connectivity index (χ0n) is 24.8. The quantitative estimate of drug-likeness (QED) is 0.194. The van der Waals surface area contributed by atoms with E-state index in [0.29, 0.717) is 26.2 Å². The van der Waals surface area contributed by atoms with E-state index in [4.69, 9.17) is 18.9 Å². The van der Waals surface area contributed by atoms with Crippen molar-refractivity contribution in [1.82, 2.24) is 14.7 Å². The maximum Gasteiger partial charge on any atom is 0.410 e. The standard InChI is InChI=1S/C32H39N3O8/c1-32(2,3)43-30(38)34-17-15-33(16-18-34)28(36)14-19-40-26-20-27(29(37)41-22-24-10-6-4-7-11-24)35(21-26)31(39)42-23-25-12-8-5-9-13-25/h4-14,19,26-27H,15-18,20-23H2,1-3H3. The first kappa shape index (κ1) is 31.4. The van der Waals surface area contributed by atoms with Crippen LogP contribution in [-0.4, -0.2) is 89.2 Å². The van der Waals surface area contributed by atoms with Crippen LogP contribution < -0.4 is 0 Å². The van der Waals surface area contributed by atoms with Crippen LogP contribution in [0.1, 0.15) is 38.3 Å². The van der Waals surface area contributed by atoms with E-state index >= 15 is 0 Å². The van der Waals surface area contributed by atoms with E-state index in [1.807, 2.05) is 81.4 Å². The average Bonchev–Trinajstić information content (AvgIpc) is 3.43. The van der Waals surface area contributed by atoms with Crippen LogP contribution in [0.2, 0.25) is 0 Å². The monoisotopic (exact) mass is 593 g/mol. The first-order chi connectivity index (χ1) is 20.6. The highest BCUT2D eigenvalue weighted by molar-refractivity contribution is 5.87. The van der Waals surface area contributed by atoms with Crippen molar-refractivity contribution in [2.75, 3.05) is 32.7 Å². The zero-order chi connectivity index (χ0) is 30.8. The molecule has 11 nitrogen and oxygen atoms in total. The molecule has 43 heavy (non-hydrogen) atoms. The molecule has 2 saturated heterocycles. The molecule has 0 spiro atoms. The van der Waals surface area contributed by atoms with Gasteiger partial charge in [-0.3, -0.25) is 9.69 Å². The molecule has 11 heteroatoms. The molecular formula is C32H39N3O8. The number of rotatable bonds is 8. The van der Waals surface area contributed by atoms with Gasteiger partial charge in [-0.1, -0.05) is 60.7 Å². The maximum atomic E-state index is 13.0. The zero-order valence-corrected chi connectivity index (χ0v) is 24.8. The minimum absolute atomic E-state index is 0.0586. The number of hydrogen-bond acceptors (Lipinski definition) is 8. The van der Waals surface area contributed by atoms with E-state index in [-0.39, 0.29) is 32.1 Å². The lowest BCUT2D eigenvalue weighted by Gasteiger charge is -2.35. The molecule has 3 amide bonds. The molecule has 0 N–H and O–H groups in total. The van der Waals surface area contributed by atoms with E-state index in [0.717, 1.165) is 11.1 Å². The Morgan fingerprint density at radius 1 is 0.791 bits per heavy atom. The van der Waals surface area contributed by atoms with E-state index in [9.17, 15) is 19.2 Å². The molecule has 0 radical (unpaired) electrons. The number of esters is 1. The summed E-state index contributed by atoms with van der Waals surface area (Å²) in [4.78, 5) is 55.6. The third kappa shape index (κ3) is 9.49. The van der Waals surface area contributed by atoms with Gasteiger partial charge in [0, 0.05) is 38.7 Å². The SMILES string of the molecule is CC(C)(C)OC(=O)N1CCN(C(=O)C=COC2CC(C(=O)OCc3ccccc3)N(C(=O)OCc3ccccc3)C2)CC1. The largest absolute Gasteiger partial charge is 0.496 e. The molecule has 2 aromatic carbocycles. The molecule has 2 aromatic rings. The van der Waals surface area contributed by atoms with Gasteiger partial charge in [0.05, 0.1) is 12.8 Å². The summed E-state index contributed by atoms with van der Waals surface area (Å²) in [7, 11) is 0. The lowest BCUT2D eigenvalue weighted by Crippen LogP contribution is -2.51. The molecular weight excluding hydrogens is 554 g/mol. The Bertz CT molecular complexity index is 1210. The van der Waals surface area contributed by atoms with Gasteiger partial charge in [0.2, 0.25) is 5.91 Å². The highest BCUT2D eigenvalue weighted by atomic mass is 16.6. The van der Waals surface area contributed by atoms with Crippen LogP contribution in [0.4, 0.5) is 9.59 Å². The van der Waals surface area contributed by atoms with Gasteiger partial charge in [-0.2, -0.15) is 0 Å². The second-order valence-electron chi connectivity index (χ2n) is 11.4. The van der Waals surface area contributed by atoms with Crippen molar-refractivity contribution in [2.45, 2.75) is 58.2 Å². The maximum absolute atomic E-state index is 13.0. The number of piperazine rings is 1. The van der Waals surface area contributed by atoms with E-state index in [2.05, 4.69) is 0 Å². The first-order valence-electron chi connectivity index (χ1n) is 14.4. The second-order valence-corrected chi connectivity index (χ2v) is 11.4. The van der Waals surface area contributed by atoms with Gasteiger partial charge in [-0.05, 0) is 31.9 Å². The Kier molecular flexibility index (Phi) is 10.6. The van der Waals surface area contributed by atoms with Gasteiger partial charge >= 0.3 is 18.2 Å². The molecule has 0 saturated carbocycles. The second kappa shape index (κ2) is 14.6. The summed E-state index contributed by atoms with van der Waals surface area (Å²) < 4.78 is 22.2. The summed E-state index contributed by atoms with van der Waals surface area (Å²) in [5.41, 5.74) is 1.06. The molecule has 2 aliphatic heterocycles. The van der Waals surface area contributed by atoms with Gasteiger partial charge in [0.25, 0.3) is 0 Å². The van der Waals surface area contributed by atoms with Gasteiger partial charge in [0.1, 0.15) is 31.0 Å². The number of nitrogens with zero attached hydrogens (tertiary/aromatic N) is 3. The number of carbonyl (C=O) groups excluding carboxylic acids is 4. The number of hydrogen-bond donors (Lipinski definition) is 0. The number of ether oxygens (including phenoxy) is 4. The summed E-state index contributed by atoms with van der Waals surface area (Å²) in [6, 6.07) is 17.6. The van der Waals surface area contributed by atoms with Crippen LogP contribution in [0.25, 0.3) is 0 Å². The Morgan fingerprint density at radius 2 is 1.35 bits per heavy atom.